The van der Waals surface area contributed by atoms with Gasteiger partial charge in [0.25, 0.3) is 0 Å². The van der Waals surface area contributed by atoms with E-state index in [9.17, 15) is 0 Å². The van der Waals surface area contributed by atoms with E-state index in [0.29, 0.717) is 0 Å². The zero-order valence-corrected chi connectivity index (χ0v) is 11.2. The zero-order valence-electron chi connectivity index (χ0n) is 8.76. The van der Waals surface area contributed by atoms with Crippen molar-refractivity contribution >= 4 is 28.6 Å². The Balaban J connectivity index is 2.68. The van der Waals surface area contributed by atoms with Gasteiger partial charge in [0.2, 0.25) is 0 Å². The first kappa shape index (κ1) is 12.1. The van der Waals surface area contributed by atoms with Crippen LogP contribution in [0.1, 0.15) is 26.3 Å². The smallest absolute Gasteiger partial charge is 0.0221 e. The molecule has 0 amide bonds. The summed E-state index contributed by atoms with van der Waals surface area (Å²) in [4.78, 5) is 1.02. The van der Waals surface area contributed by atoms with Crippen LogP contribution in [0.4, 0.5) is 0 Å². The van der Waals surface area contributed by atoms with E-state index in [-0.39, 0.29) is 5.54 Å². The van der Waals surface area contributed by atoms with Gasteiger partial charge in [0.15, 0.2) is 0 Å². The third kappa shape index (κ3) is 4.03. The highest BCUT2D eigenvalue weighted by molar-refractivity contribution is 9.10. The van der Waals surface area contributed by atoms with Crippen LogP contribution in [0.3, 0.4) is 0 Å². The summed E-state index contributed by atoms with van der Waals surface area (Å²) in [5.74, 6) is 0. The lowest BCUT2D eigenvalue weighted by Crippen LogP contribution is -2.35. The fourth-order valence-corrected chi connectivity index (χ4v) is 1.88. The van der Waals surface area contributed by atoms with Crippen molar-refractivity contribution in [2.45, 2.75) is 37.8 Å². The fraction of sp³-hybridized carbons (Fsp3) is 0.455. The monoisotopic (exact) mass is 273 g/mol. The molecular weight excluding hydrogens is 258 g/mol. The molecule has 0 aliphatic rings. The van der Waals surface area contributed by atoms with Crippen molar-refractivity contribution in [3.63, 3.8) is 0 Å². The van der Waals surface area contributed by atoms with Gasteiger partial charge in [0.05, 0.1) is 0 Å². The third-order valence-electron chi connectivity index (χ3n) is 1.86. The van der Waals surface area contributed by atoms with Gasteiger partial charge in [-0.25, -0.2) is 0 Å². The van der Waals surface area contributed by atoms with Gasteiger partial charge in [-0.05, 0) is 38.5 Å². The Hall–Kier alpha value is 0.01000. The summed E-state index contributed by atoms with van der Waals surface area (Å²) in [5, 5.41) is 3.43. The number of thiol groups is 1. The van der Waals surface area contributed by atoms with Crippen molar-refractivity contribution < 1.29 is 0 Å². The molecule has 0 spiro atoms. The minimum Gasteiger partial charge on any atom is -0.308 e. The molecule has 0 atom stereocenters. The summed E-state index contributed by atoms with van der Waals surface area (Å²) in [6.07, 6.45) is 0. The highest BCUT2D eigenvalue weighted by atomic mass is 79.9. The molecule has 0 aliphatic heterocycles. The summed E-state index contributed by atoms with van der Waals surface area (Å²) in [7, 11) is 0. The van der Waals surface area contributed by atoms with Crippen LogP contribution in [0.2, 0.25) is 0 Å². The molecule has 0 saturated carbocycles. The van der Waals surface area contributed by atoms with E-state index in [1.54, 1.807) is 0 Å². The Kier molecular flexibility index (Phi) is 4.04. The second-order valence-corrected chi connectivity index (χ2v) is 5.77. The molecule has 0 aliphatic carbocycles. The SMILES string of the molecule is CC(C)(C)NCc1ccc(Br)cc1S. The Bertz CT molecular complexity index is 318. The van der Waals surface area contributed by atoms with Crippen LogP contribution in [-0.2, 0) is 6.54 Å². The summed E-state index contributed by atoms with van der Waals surface area (Å²) in [5.41, 5.74) is 1.37. The van der Waals surface area contributed by atoms with Gasteiger partial charge in [-0.2, -0.15) is 0 Å². The van der Waals surface area contributed by atoms with Crippen LogP contribution in [0, 0.1) is 0 Å². The molecule has 0 unspecified atom stereocenters. The lowest BCUT2D eigenvalue weighted by atomic mass is 10.1. The number of hydrogen-bond donors (Lipinski definition) is 2. The molecule has 0 heterocycles. The van der Waals surface area contributed by atoms with E-state index in [1.165, 1.54) is 5.56 Å². The Morgan fingerprint density at radius 2 is 2.00 bits per heavy atom. The van der Waals surface area contributed by atoms with Gasteiger partial charge < -0.3 is 5.32 Å². The molecule has 14 heavy (non-hydrogen) atoms. The fourth-order valence-electron chi connectivity index (χ4n) is 1.05. The molecule has 0 aromatic heterocycles. The van der Waals surface area contributed by atoms with Gasteiger partial charge >= 0.3 is 0 Å². The van der Waals surface area contributed by atoms with Crippen LogP contribution < -0.4 is 5.32 Å². The van der Waals surface area contributed by atoms with Gasteiger partial charge in [-0.1, -0.05) is 22.0 Å². The first-order valence-corrected chi connectivity index (χ1v) is 5.85. The summed E-state index contributed by atoms with van der Waals surface area (Å²) >= 11 is 7.84. The maximum Gasteiger partial charge on any atom is 0.0221 e. The molecule has 3 heteroatoms. The van der Waals surface area contributed by atoms with Gasteiger partial charge in [-0.15, -0.1) is 12.6 Å². The molecule has 0 radical (unpaired) electrons. The highest BCUT2D eigenvalue weighted by Crippen LogP contribution is 2.20. The number of hydrogen-bond acceptors (Lipinski definition) is 2. The molecule has 0 fully saturated rings. The van der Waals surface area contributed by atoms with Crippen molar-refractivity contribution in [2.24, 2.45) is 0 Å². The van der Waals surface area contributed by atoms with Gasteiger partial charge in [0, 0.05) is 21.5 Å². The van der Waals surface area contributed by atoms with Crippen molar-refractivity contribution in [1.29, 1.82) is 0 Å². The summed E-state index contributed by atoms with van der Waals surface area (Å²) in [6, 6.07) is 6.15. The first-order chi connectivity index (χ1) is 6.38. The summed E-state index contributed by atoms with van der Waals surface area (Å²) < 4.78 is 1.07. The molecular formula is C11H16BrNS. The standard InChI is InChI=1S/C11H16BrNS/c1-11(2,3)13-7-8-4-5-9(12)6-10(8)14/h4-6,13-14H,7H2,1-3H3. The number of rotatable bonds is 2. The largest absolute Gasteiger partial charge is 0.308 e. The lowest BCUT2D eigenvalue weighted by molar-refractivity contribution is 0.422. The normalized spacial score (nSPS) is 11.8. The molecule has 1 N–H and O–H groups in total. The second kappa shape index (κ2) is 4.69. The van der Waals surface area contributed by atoms with E-state index < -0.39 is 0 Å². The molecule has 1 nitrogen and oxygen atoms in total. The van der Waals surface area contributed by atoms with Crippen LogP contribution in [-0.4, -0.2) is 5.54 Å². The van der Waals surface area contributed by atoms with Gasteiger partial charge in [0.1, 0.15) is 0 Å². The molecule has 78 valence electrons. The Morgan fingerprint density at radius 3 is 2.50 bits per heavy atom. The maximum atomic E-state index is 4.43. The predicted octanol–water partition coefficient (Wildman–Crippen LogP) is 3.63. The van der Waals surface area contributed by atoms with E-state index >= 15 is 0 Å². The molecule has 0 saturated heterocycles. The Labute approximate surface area is 99.8 Å². The number of benzene rings is 1. The van der Waals surface area contributed by atoms with Crippen molar-refractivity contribution in [3.8, 4) is 0 Å². The zero-order chi connectivity index (χ0) is 10.8. The van der Waals surface area contributed by atoms with E-state index in [0.717, 1.165) is 15.9 Å². The van der Waals surface area contributed by atoms with Crippen LogP contribution in [0.15, 0.2) is 27.6 Å². The minimum absolute atomic E-state index is 0.146. The first-order valence-electron chi connectivity index (χ1n) is 4.61. The van der Waals surface area contributed by atoms with Crippen LogP contribution in [0.5, 0.6) is 0 Å². The van der Waals surface area contributed by atoms with E-state index in [4.69, 9.17) is 0 Å². The summed E-state index contributed by atoms with van der Waals surface area (Å²) in [6.45, 7) is 7.33. The molecule has 0 bridgehead atoms. The quantitative estimate of drug-likeness (QED) is 0.785. The average Bonchev–Trinajstić information content (AvgIpc) is 2.00. The average molecular weight is 274 g/mol. The van der Waals surface area contributed by atoms with Crippen molar-refractivity contribution in [3.05, 3.63) is 28.2 Å². The van der Waals surface area contributed by atoms with Crippen LogP contribution >= 0.6 is 28.6 Å². The van der Waals surface area contributed by atoms with E-state index in [1.807, 2.05) is 12.1 Å². The minimum atomic E-state index is 0.146. The second-order valence-electron chi connectivity index (χ2n) is 4.38. The highest BCUT2D eigenvalue weighted by Gasteiger charge is 2.09. The lowest BCUT2D eigenvalue weighted by Gasteiger charge is -2.21. The van der Waals surface area contributed by atoms with E-state index in [2.05, 4.69) is 60.7 Å². The number of halogens is 1. The predicted molar refractivity (Wildman–Crippen MR) is 68.0 cm³/mol. The molecule has 1 aromatic carbocycles. The van der Waals surface area contributed by atoms with Crippen LogP contribution in [0.25, 0.3) is 0 Å². The molecule has 1 aromatic rings. The Morgan fingerprint density at radius 1 is 1.36 bits per heavy atom. The van der Waals surface area contributed by atoms with Crippen molar-refractivity contribution in [1.82, 2.24) is 5.32 Å². The topological polar surface area (TPSA) is 12.0 Å². The number of nitrogens with one attached hydrogen (secondary N) is 1. The third-order valence-corrected chi connectivity index (χ3v) is 2.77. The van der Waals surface area contributed by atoms with Gasteiger partial charge in [-0.3, -0.25) is 0 Å². The maximum absolute atomic E-state index is 4.43. The van der Waals surface area contributed by atoms with Crippen molar-refractivity contribution in [2.75, 3.05) is 0 Å². The molecule has 1 rings (SSSR count).